The lowest BCUT2D eigenvalue weighted by Gasteiger charge is -2.12. The summed E-state index contributed by atoms with van der Waals surface area (Å²) in [4.78, 5) is 24.4. The van der Waals surface area contributed by atoms with Gasteiger partial charge in [0, 0.05) is 11.3 Å². The first-order valence-corrected chi connectivity index (χ1v) is 7.03. The third-order valence-corrected chi connectivity index (χ3v) is 3.85. The lowest BCUT2D eigenvalue weighted by atomic mass is 10.2. The summed E-state index contributed by atoms with van der Waals surface area (Å²) in [6.07, 6.45) is 0. The maximum atomic E-state index is 12.0. The zero-order valence-corrected chi connectivity index (χ0v) is 12.3. The molecule has 0 aromatic carbocycles. The molecule has 0 aliphatic carbocycles. The Kier molecular flexibility index (Phi) is 4.19. The zero-order valence-electron chi connectivity index (χ0n) is 11.5. The van der Waals surface area contributed by atoms with Gasteiger partial charge in [-0.25, -0.2) is 0 Å². The van der Waals surface area contributed by atoms with E-state index in [4.69, 9.17) is 0 Å². The highest BCUT2D eigenvalue weighted by Crippen LogP contribution is 2.14. The minimum absolute atomic E-state index is 0.252. The van der Waals surface area contributed by atoms with Crippen LogP contribution in [0.1, 0.15) is 27.9 Å². The SMILES string of the molecule is Cc1[nH]nc(NC(=O)C(C)NC(=O)c2cccs2)c1C. The number of carbonyl (C=O) groups is 2. The molecule has 20 heavy (non-hydrogen) atoms. The van der Waals surface area contributed by atoms with Crippen molar-refractivity contribution < 1.29 is 9.59 Å². The molecule has 2 heterocycles. The molecule has 2 amide bonds. The minimum Gasteiger partial charge on any atom is -0.340 e. The van der Waals surface area contributed by atoms with Crippen molar-refractivity contribution in [2.45, 2.75) is 26.8 Å². The molecule has 1 unspecified atom stereocenters. The number of nitrogens with zero attached hydrogens (tertiary/aromatic N) is 1. The number of anilines is 1. The molecule has 3 N–H and O–H groups in total. The first-order chi connectivity index (χ1) is 9.49. The van der Waals surface area contributed by atoms with Crippen LogP contribution in [0.15, 0.2) is 17.5 Å². The van der Waals surface area contributed by atoms with Crippen molar-refractivity contribution in [3.63, 3.8) is 0 Å². The van der Waals surface area contributed by atoms with Crippen LogP contribution in [0.5, 0.6) is 0 Å². The van der Waals surface area contributed by atoms with Gasteiger partial charge >= 0.3 is 0 Å². The largest absolute Gasteiger partial charge is 0.340 e. The molecule has 0 aliphatic heterocycles. The second-order valence-electron chi connectivity index (χ2n) is 4.48. The zero-order chi connectivity index (χ0) is 14.7. The smallest absolute Gasteiger partial charge is 0.261 e. The van der Waals surface area contributed by atoms with Crippen LogP contribution in [0.4, 0.5) is 5.82 Å². The number of thiophene rings is 1. The van der Waals surface area contributed by atoms with E-state index in [0.717, 1.165) is 11.3 Å². The molecule has 1 atom stereocenters. The first-order valence-electron chi connectivity index (χ1n) is 6.16. The summed E-state index contributed by atoms with van der Waals surface area (Å²) in [5, 5.41) is 13.9. The third kappa shape index (κ3) is 3.05. The summed E-state index contributed by atoms with van der Waals surface area (Å²) in [5.41, 5.74) is 1.78. The number of aromatic nitrogens is 2. The van der Waals surface area contributed by atoms with Gasteiger partial charge in [0.2, 0.25) is 5.91 Å². The Hall–Kier alpha value is -2.15. The van der Waals surface area contributed by atoms with Crippen molar-refractivity contribution >= 4 is 29.0 Å². The van der Waals surface area contributed by atoms with E-state index in [1.807, 2.05) is 19.2 Å². The molecule has 2 aromatic rings. The Morgan fingerprint density at radius 2 is 2.15 bits per heavy atom. The quantitative estimate of drug-likeness (QED) is 0.803. The van der Waals surface area contributed by atoms with E-state index in [-0.39, 0.29) is 11.8 Å². The molecule has 0 aliphatic rings. The van der Waals surface area contributed by atoms with E-state index in [9.17, 15) is 9.59 Å². The van der Waals surface area contributed by atoms with Crippen LogP contribution in [0.25, 0.3) is 0 Å². The number of hydrogen-bond donors (Lipinski definition) is 3. The molecule has 0 spiro atoms. The number of nitrogens with one attached hydrogen (secondary N) is 3. The molecule has 0 fully saturated rings. The van der Waals surface area contributed by atoms with Crippen molar-refractivity contribution in [3.05, 3.63) is 33.6 Å². The lowest BCUT2D eigenvalue weighted by molar-refractivity contribution is -0.117. The van der Waals surface area contributed by atoms with Gasteiger partial charge in [0.05, 0.1) is 4.88 Å². The average Bonchev–Trinajstić information content (AvgIpc) is 3.04. The fourth-order valence-corrected chi connectivity index (χ4v) is 2.20. The molecule has 0 bridgehead atoms. The topological polar surface area (TPSA) is 86.9 Å². The number of hydrogen-bond acceptors (Lipinski definition) is 4. The van der Waals surface area contributed by atoms with Crippen LogP contribution in [-0.4, -0.2) is 28.1 Å². The second-order valence-corrected chi connectivity index (χ2v) is 5.43. The summed E-state index contributed by atoms with van der Waals surface area (Å²) < 4.78 is 0. The number of amides is 2. The number of aryl methyl sites for hydroxylation is 1. The molecule has 6 nitrogen and oxygen atoms in total. The van der Waals surface area contributed by atoms with Crippen molar-refractivity contribution in [2.24, 2.45) is 0 Å². The molecular formula is C13H16N4O2S. The second kappa shape index (κ2) is 5.87. The Morgan fingerprint density at radius 3 is 2.70 bits per heavy atom. The third-order valence-electron chi connectivity index (χ3n) is 2.98. The van der Waals surface area contributed by atoms with E-state index in [1.165, 1.54) is 11.3 Å². The Labute approximate surface area is 120 Å². The highest BCUT2D eigenvalue weighted by Gasteiger charge is 2.19. The van der Waals surface area contributed by atoms with E-state index in [2.05, 4.69) is 20.8 Å². The van der Waals surface area contributed by atoms with Crippen LogP contribution in [0, 0.1) is 13.8 Å². The maximum Gasteiger partial charge on any atom is 0.261 e. The van der Waals surface area contributed by atoms with Gasteiger partial charge in [-0.3, -0.25) is 14.7 Å². The van der Waals surface area contributed by atoms with Crippen molar-refractivity contribution in [3.8, 4) is 0 Å². The summed E-state index contributed by atoms with van der Waals surface area (Å²) in [7, 11) is 0. The van der Waals surface area contributed by atoms with Gasteiger partial charge in [-0.05, 0) is 32.2 Å². The van der Waals surface area contributed by atoms with Crippen molar-refractivity contribution in [1.82, 2.24) is 15.5 Å². The fraction of sp³-hybridized carbons (Fsp3) is 0.308. The van der Waals surface area contributed by atoms with Gasteiger partial charge in [0.1, 0.15) is 6.04 Å². The van der Waals surface area contributed by atoms with Gasteiger partial charge in [-0.2, -0.15) is 5.10 Å². The fourth-order valence-electron chi connectivity index (χ4n) is 1.57. The highest BCUT2D eigenvalue weighted by atomic mass is 32.1. The van der Waals surface area contributed by atoms with Gasteiger partial charge in [-0.1, -0.05) is 6.07 Å². The molecule has 0 saturated heterocycles. The number of H-pyrrole nitrogens is 1. The van der Waals surface area contributed by atoms with Gasteiger partial charge < -0.3 is 10.6 Å². The number of carbonyl (C=O) groups excluding carboxylic acids is 2. The maximum absolute atomic E-state index is 12.0. The predicted molar refractivity (Wildman–Crippen MR) is 77.9 cm³/mol. The predicted octanol–water partition coefficient (Wildman–Crippen LogP) is 1.85. The molecule has 2 aromatic heterocycles. The van der Waals surface area contributed by atoms with Crippen LogP contribution in [-0.2, 0) is 4.79 Å². The minimum atomic E-state index is -0.638. The molecule has 106 valence electrons. The van der Waals surface area contributed by atoms with Crippen LogP contribution in [0.3, 0.4) is 0 Å². The van der Waals surface area contributed by atoms with Crippen molar-refractivity contribution in [1.29, 1.82) is 0 Å². The Morgan fingerprint density at radius 1 is 1.40 bits per heavy atom. The standard InChI is InChI=1S/C13H16N4O2S/c1-7-8(2)16-17-11(7)15-12(18)9(3)14-13(19)10-5-4-6-20-10/h4-6,9H,1-3H3,(H,14,19)(H2,15,16,17,18). The van der Waals surface area contributed by atoms with Gasteiger partial charge in [0.15, 0.2) is 5.82 Å². The van der Waals surface area contributed by atoms with E-state index in [1.54, 1.807) is 19.1 Å². The highest BCUT2D eigenvalue weighted by molar-refractivity contribution is 7.12. The van der Waals surface area contributed by atoms with Crippen LogP contribution >= 0.6 is 11.3 Å². The normalized spacial score (nSPS) is 11.9. The summed E-state index contributed by atoms with van der Waals surface area (Å²) in [5.74, 6) is -0.0631. The van der Waals surface area contributed by atoms with E-state index < -0.39 is 6.04 Å². The van der Waals surface area contributed by atoms with Gasteiger partial charge in [0.25, 0.3) is 5.91 Å². The molecule has 0 radical (unpaired) electrons. The first kappa shape index (κ1) is 14.3. The lowest BCUT2D eigenvalue weighted by Crippen LogP contribution is -2.41. The van der Waals surface area contributed by atoms with E-state index in [0.29, 0.717) is 10.7 Å². The van der Waals surface area contributed by atoms with E-state index >= 15 is 0 Å². The number of rotatable bonds is 4. The molecule has 0 saturated carbocycles. The number of aromatic amines is 1. The monoisotopic (exact) mass is 292 g/mol. The average molecular weight is 292 g/mol. The van der Waals surface area contributed by atoms with Crippen molar-refractivity contribution in [2.75, 3.05) is 5.32 Å². The Bertz CT molecular complexity index is 618. The molecule has 7 heteroatoms. The van der Waals surface area contributed by atoms with Crippen LogP contribution < -0.4 is 10.6 Å². The molecule has 2 rings (SSSR count). The summed E-state index contributed by atoms with van der Waals surface area (Å²) >= 11 is 1.33. The van der Waals surface area contributed by atoms with Gasteiger partial charge in [-0.15, -0.1) is 11.3 Å². The van der Waals surface area contributed by atoms with Crippen LogP contribution in [0.2, 0.25) is 0 Å². The Balaban J connectivity index is 1.95. The summed E-state index contributed by atoms with van der Waals surface area (Å²) in [6, 6.07) is 2.87. The molecular weight excluding hydrogens is 276 g/mol. The summed E-state index contributed by atoms with van der Waals surface area (Å²) in [6.45, 7) is 5.37.